The first-order chi connectivity index (χ1) is 9.66. The number of carboxylic acids is 2. The number of aliphatic hydroxyl groups excluding tert-OH is 1. The number of carbonyl (C=O) groups is 2. The molecule has 4 N–H and O–H groups in total. The van der Waals surface area contributed by atoms with E-state index < -0.39 is 23.0 Å². The smallest absolute Gasteiger partial charge is 0.305 e. The number of aliphatic carboxylic acids is 2. The molecule has 22 heavy (non-hydrogen) atoms. The first kappa shape index (κ1) is 25.8. The zero-order valence-corrected chi connectivity index (χ0v) is 15.2. The van der Waals surface area contributed by atoms with Gasteiger partial charge in [0.15, 0.2) is 0 Å². The molecular weight excluding hydrogens is 288 g/mol. The zero-order chi connectivity index (χ0) is 18.7. The monoisotopic (exact) mass is 322 g/mol. The molecule has 0 amide bonds. The van der Waals surface area contributed by atoms with E-state index >= 15 is 0 Å². The summed E-state index contributed by atoms with van der Waals surface area (Å²) in [6.45, 7) is 14.0. The van der Waals surface area contributed by atoms with Crippen molar-refractivity contribution >= 4 is 11.9 Å². The summed E-state index contributed by atoms with van der Waals surface area (Å²) < 4.78 is 0. The van der Waals surface area contributed by atoms with Gasteiger partial charge in [-0.05, 0) is 13.3 Å². The fraction of sp³-hybridized carbons (Fsp3) is 0.875. The van der Waals surface area contributed by atoms with E-state index in [0.717, 1.165) is 0 Å². The van der Waals surface area contributed by atoms with E-state index in [-0.39, 0.29) is 18.4 Å². The number of hydrogen-bond donors (Lipinski definition) is 4. The molecule has 6 heteroatoms. The second-order valence-corrected chi connectivity index (χ2v) is 6.66. The third-order valence-corrected chi connectivity index (χ3v) is 3.53. The molecule has 0 aliphatic carbocycles. The summed E-state index contributed by atoms with van der Waals surface area (Å²) in [6.07, 6.45) is 0.667. The lowest BCUT2D eigenvalue weighted by Crippen LogP contribution is -2.43. The van der Waals surface area contributed by atoms with Gasteiger partial charge in [-0.1, -0.05) is 48.5 Å². The lowest BCUT2D eigenvalue weighted by Gasteiger charge is -2.37. The van der Waals surface area contributed by atoms with Crippen LogP contribution in [0.2, 0.25) is 0 Å². The fourth-order valence-corrected chi connectivity index (χ4v) is 0.649. The van der Waals surface area contributed by atoms with Crippen molar-refractivity contribution in [1.29, 1.82) is 0 Å². The molecule has 1 unspecified atom stereocenters. The van der Waals surface area contributed by atoms with Gasteiger partial charge in [-0.3, -0.25) is 9.59 Å². The summed E-state index contributed by atoms with van der Waals surface area (Å²) in [4.78, 5) is 19.4. The van der Waals surface area contributed by atoms with Gasteiger partial charge in [-0.2, -0.15) is 0 Å². The second kappa shape index (κ2) is 11.4. The molecule has 0 radical (unpaired) electrons. The minimum Gasteiger partial charge on any atom is -0.481 e. The van der Waals surface area contributed by atoms with Crippen LogP contribution in [-0.4, -0.2) is 44.6 Å². The van der Waals surface area contributed by atoms with Crippen molar-refractivity contribution in [2.24, 2.45) is 17.3 Å². The summed E-state index contributed by atoms with van der Waals surface area (Å²) in [7, 11) is 0. The summed E-state index contributed by atoms with van der Waals surface area (Å²) in [5.41, 5.74) is -1.16. The topological polar surface area (TPSA) is 115 Å². The van der Waals surface area contributed by atoms with Crippen molar-refractivity contribution in [3.8, 4) is 0 Å². The van der Waals surface area contributed by atoms with Crippen LogP contribution in [-0.2, 0) is 9.59 Å². The maximum atomic E-state index is 9.70. The van der Waals surface area contributed by atoms with Crippen LogP contribution in [0.4, 0.5) is 0 Å². The van der Waals surface area contributed by atoms with Gasteiger partial charge < -0.3 is 20.4 Å². The van der Waals surface area contributed by atoms with Gasteiger partial charge in [0.1, 0.15) is 0 Å². The summed E-state index contributed by atoms with van der Waals surface area (Å²) in [5.74, 6) is -1.94. The molecule has 6 nitrogen and oxygen atoms in total. The van der Waals surface area contributed by atoms with Gasteiger partial charge in [0, 0.05) is 5.41 Å². The standard InChI is InChI=1S/C8H18O2.2C4H8O2/c1-5-8(4,10)7(2,3)6-9;2*1-3(2)4(5)6/h9-10H,5-6H2,1-4H3;2*3H,1-2H3,(H,5,6). The van der Waals surface area contributed by atoms with Gasteiger partial charge in [-0.25, -0.2) is 0 Å². The number of carboxylic acid groups (broad SMARTS) is 2. The van der Waals surface area contributed by atoms with E-state index in [1.165, 1.54) is 0 Å². The first-order valence-corrected chi connectivity index (χ1v) is 7.45. The molecular formula is C16H34O6. The van der Waals surface area contributed by atoms with Gasteiger partial charge >= 0.3 is 11.9 Å². The Bertz CT molecular complexity index is 287. The minimum absolute atomic E-state index is 0.0217. The SMILES string of the molecule is CC(C)C(=O)O.CC(C)C(=O)O.CCC(C)(O)C(C)(C)CO. The van der Waals surface area contributed by atoms with Crippen LogP contribution in [0.3, 0.4) is 0 Å². The fourth-order valence-electron chi connectivity index (χ4n) is 0.649. The highest BCUT2D eigenvalue weighted by Gasteiger charge is 2.36. The van der Waals surface area contributed by atoms with E-state index in [9.17, 15) is 14.7 Å². The van der Waals surface area contributed by atoms with E-state index in [2.05, 4.69) is 0 Å². The van der Waals surface area contributed by atoms with Crippen molar-refractivity contribution in [2.45, 2.75) is 67.4 Å². The third kappa shape index (κ3) is 12.6. The molecule has 0 aliphatic heterocycles. The number of hydrogen-bond acceptors (Lipinski definition) is 4. The minimum atomic E-state index is -0.762. The normalized spacial score (nSPS) is 13.5. The Morgan fingerprint density at radius 3 is 1.18 bits per heavy atom. The maximum absolute atomic E-state index is 9.70. The van der Waals surface area contributed by atoms with Crippen molar-refractivity contribution in [3.05, 3.63) is 0 Å². The van der Waals surface area contributed by atoms with Crippen LogP contribution >= 0.6 is 0 Å². The summed E-state index contributed by atoms with van der Waals surface area (Å²) >= 11 is 0. The van der Waals surface area contributed by atoms with Crippen molar-refractivity contribution in [2.75, 3.05) is 6.61 Å². The molecule has 0 aliphatic rings. The average molecular weight is 322 g/mol. The molecule has 0 aromatic heterocycles. The Labute approximate surface area is 134 Å². The van der Waals surface area contributed by atoms with Crippen LogP contribution in [0.1, 0.15) is 61.8 Å². The van der Waals surface area contributed by atoms with Gasteiger partial charge in [0.2, 0.25) is 0 Å². The molecule has 1 atom stereocenters. The highest BCUT2D eigenvalue weighted by Crippen LogP contribution is 2.32. The van der Waals surface area contributed by atoms with Crippen LogP contribution in [0, 0.1) is 17.3 Å². The van der Waals surface area contributed by atoms with Gasteiger partial charge in [0.05, 0.1) is 24.0 Å². The van der Waals surface area contributed by atoms with Crippen molar-refractivity contribution in [3.63, 3.8) is 0 Å². The highest BCUT2D eigenvalue weighted by atomic mass is 16.4. The van der Waals surface area contributed by atoms with Crippen molar-refractivity contribution < 1.29 is 30.0 Å². The van der Waals surface area contributed by atoms with Crippen LogP contribution < -0.4 is 0 Å². The van der Waals surface area contributed by atoms with E-state index in [4.69, 9.17) is 15.3 Å². The van der Waals surface area contributed by atoms with Crippen LogP contribution in [0.15, 0.2) is 0 Å². The molecule has 0 spiro atoms. The molecule has 0 fully saturated rings. The van der Waals surface area contributed by atoms with Gasteiger partial charge in [0.25, 0.3) is 0 Å². The predicted octanol–water partition coefficient (Wildman–Crippen LogP) is 2.62. The van der Waals surface area contributed by atoms with Gasteiger partial charge in [-0.15, -0.1) is 0 Å². The average Bonchev–Trinajstić information content (AvgIpc) is 2.39. The lowest BCUT2D eigenvalue weighted by atomic mass is 9.75. The molecule has 0 heterocycles. The Hall–Kier alpha value is -1.14. The van der Waals surface area contributed by atoms with E-state index in [0.29, 0.717) is 6.42 Å². The third-order valence-electron chi connectivity index (χ3n) is 3.53. The van der Waals surface area contributed by atoms with Crippen LogP contribution in [0.5, 0.6) is 0 Å². The van der Waals surface area contributed by atoms with E-state index in [1.807, 2.05) is 20.8 Å². The molecule has 0 aromatic carbocycles. The summed E-state index contributed by atoms with van der Waals surface area (Å²) in [6, 6.07) is 0. The Morgan fingerprint density at radius 2 is 1.14 bits per heavy atom. The molecule has 0 saturated carbocycles. The second-order valence-electron chi connectivity index (χ2n) is 6.66. The Balaban J connectivity index is -0.000000261. The summed E-state index contributed by atoms with van der Waals surface area (Å²) in [5, 5.41) is 34.6. The quantitative estimate of drug-likeness (QED) is 0.618. The maximum Gasteiger partial charge on any atom is 0.305 e. The Morgan fingerprint density at radius 1 is 0.909 bits per heavy atom. The van der Waals surface area contributed by atoms with Crippen molar-refractivity contribution in [1.82, 2.24) is 0 Å². The number of aliphatic hydroxyl groups is 2. The molecule has 0 saturated heterocycles. The molecule has 0 bridgehead atoms. The first-order valence-electron chi connectivity index (χ1n) is 7.45. The largest absolute Gasteiger partial charge is 0.481 e. The molecule has 0 aromatic rings. The molecule has 134 valence electrons. The highest BCUT2D eigenvalue weighted by molar-refractivity contribution is 5.69. The number of rotatable bonds is 5. The van der Waals surface area contributed by atoms with Crippen LogP contribution in [0.25, 0.3) is 0 Å². The predicted molar refractivity (Wildman–Crippen MR) is 86.7 cm³/mol. The van der Waals surface area contributed by atoms with E-state index in [1.54, 1.807) is 34.6 Å². The lowest BCUT2D eigenvalue weighted by molar-refractivity contribution is -0.141. The molecule has 0 rings (SSSR count). The Kier molecular flexibility index (Phi) is 13.4. The zero-order valence-electron chi connectivity index (χ0n) is 15.2.